The van der Waals surface area contributed by atoms with Crippen molar-refractivity contribution in [1.82, 2.24) is 20.1 Å². The van der Waals surface area contributed by atoms with Crippen LogP contribution in [0, 0.1) is 6.92 Å². The smallest absolute Gasteiger partial charge is 0.264 e. The minimum atomic E-state index is -0.998. The molecule has 1 atom stereocenters. The number of hydrogen-bond acceptors (Lipinski definition) is 9. The molecule has 1 aromatic heterocycles. The first kappa shape index (κ1) is 29.2. The molecule has 2 N–H and O–H groups in total. The molecule has 0 aliphatic carbocycles. The van der Waals surface area contributed by atoms with Crippen LogP contribution >= 0.6 is 0 Å². The highest BCUT2D eigenvalue weighted by Gasteiger charge is 2.45. The van der Waals surface area contributed by atoms with Crippen LogP contribution < -0.4 is 15.5 Å². The van der Waals surface area contributed by atoms with E-state index in [1.54, 1.807) is 31.3 Å². The van der Waals surface area contributed by atoms with Gasteiger partial charge in [-0.1, -0.05) is 24.3 Å². The molecule has 1 unspecified atom stereocenters. The highest BCUT2D eigenvalue weighted by molar-refractivity contribution is 6.25. The summed E-state index contributed by atoms with van der Waals surface area (Å²) >= 11 is 0. The van der Waals surface area contributed by atoms with Crippen molar-refractivity contribution >= 4 is 40.9 Å². The molecular weight excluding hydrogens is 560 g/mol. The number of anilines is 2. The number of nitrogens with zero attached hydrogens (tertiary/aromatic N) is 4. The number of benzene rings is 2. The predicted molar refractivity (Wildman–Crippen MR) is 163 cm³/mol. The largest absolute Gasteiger partial charge is 0.380 e. The number of carbonyl (C=O) groups is 5. The summed E-state index contributed by atoms with van der Waals surface area (Å²) in [6.07, 6.45) is 1.84. The van der Waals surface area contributed by atoms with Crippen molar-refractivity contribution in [3.63, 3.8) is 0 Å². The third kappa shape index (κ3) is 5.70. The maximum absolute atomic E-state index is 13.4. The fraction of sp³-hybridized carbons (Fsp3) is 0.333. The van der Waals surface area contributed by atoms with Crippen LogP contribution in [-0.4, -0.2) is 76.4 Å². The minimum Gasteiger partial charge on any atom is -0.380 e. The van der Waals surface area contributed by atoms with Crippen molar-refractivity contribution in [3.05, 3.63) is 88.1 Å². The second-order valence-electron chi connectivity index (χ2n) is 11.5. The van der Waals surface area contributed by atoms with Gasteiger partial charge in [-0.05, 0) is 61.2 Å². The third-order valence-electron chi connectivity index (χ3n) is 8.60. The molecule has 2 fully saturated rings. The number of piperidine rings is 1. The number of hydrogen-bond donors (Lipinski definition) is 2. The first-order chi connectivity index (χ1) is 21.2. The number of piperazine rings is 1. The van der Waals surface area contributed by atoms with E-state index in [1.165, 1.54) is 11.1 Å². The van der Waals surface area contributed by atoms with Gasteiger partial charge in [0.25, 0.3) is 11.8 Å². The first-order valence-corrected chi connectivity index (χ1v) is 14.8. The lowest BCUT2D eigenvalue weighted by molar-refractivity contribution is -0.136. The summed E-state index contributed by atoms with van der Waals surface area (Å²) in [6, 6.07) is 14.1. The number of ketones is 1. The van der Waals surface area contributed by atoms with E-state index in [0.29, 0.717) is 17.8 Å². The van der Waals surface area contributed by atoms with Crippen molar-refractivity contribution in [2.45, 2.75) is 45.8 Å². The fourth-order valence-corrected chi connectivity index (χ4v) is 6.06. The average Bonchev–Trinajstić information content (AvgIpc) is 3.27. The molecule has 3 aromatic rings. The first-order valence-electron chi connectivity index (χ1n) is 14.8. The summed E-state index contributed by atoms with van der Waals surface area (Å²) in [5, 5.41) is 5.54. The summed E-state index contributed by atoms with van der Waals surface area (Å²) in [5.74, 6) is -1.17. The summed E-state index contributed by atoms with van der Waals surface area (Å²) in [5.41, 5.74) is 5.09. The van der Waals surface area contributed by atoms with Gasteiger partial charge in [0, 0.05) is 63.1 Å². The standard InChI is InChI=1S/C33H34N6O5/c1-20-16-22(6-7-24(20)19-37-12-14-38(15-13-37)28-10-8-23(18-35-28)21(2)40)17-34-26-5-3-4-25-30(26)33(44)39(32(25)43)27-9-11-29(41)36-31(27)42/h3-8,10,16,18,27,34H,9,11-15,17,19H2,1-2H3,(H,36,41,42). The van der Waals surface area contributed by atoms with Gasteiger partial charge in [0.15, 0.2) is 5.78 Å². The lowest BCUT2D eigenvalue weighted by Crippen LogP contribution is -2.54. The van der Waals surface area contributed by atoms with Gasteiger partial charge < -0.3 is 10.2 Å². The summed E-state index contributed by atoms with van der Waals surface area (Å²) < 4.78 is 0. The Bertz CT molecular complexity index is 1660. The summed E-state index contributed by atoms with van der Waals surface area (Å²) in [4.78, 5) is 72.1. The Morgan fingerprint density at radius 3 is 2.48 bits per heavy atom. The van der Waals surface area contributed by atoms with Crippen LogP contribution in [0.15, 0.2) is 54.7 Å². The van der Waals surface area contributed by atoms with E-state index in [1.807, 2.05) is 12.1 Å². The van der Waals surface area contributed by atoms with Gasteiger partial charge in [-0.25, -0.2) is 4.98 Å². The normalized spacial score (nSPS) is 18.8. The number of rotatable bonds is 8. The Balaban J connectivity index is 1.06. The van der Waals surface area contributed by atoms with Gasteiger partial charge in [-0.2, -0.15) is 0 Å². The van der Waals surface area contributed by atoms with Crippen LogP contribution in [0.1, 0.15) is 67.5 Å². The number of pyridine rings is 1. The molecule has 2 saturated heterocycles. The van der Waals surface area contributed by atoms with Crippen molar-refractivity contribution in [2.24, 2.45) is 0 Å². The van der Waals surface area contributed by atoms with E-state index >= 15 is 0 Å². The molecule has 6 rings (SSSR count). The molecule has 226 valence electrons. The van der Waals surface area contributed by atoms with Crippen molar-refractivity contribution in [3.8, 4) is 0 Å². The van der Waals surface area contributed by atoms with Crippen LogP contribution in [0.2, 0.25) is 0 Å². The monoisotopic (exact) mass is 594 g/mol. The van der Waals surface area contributed by atoms with E-state index in [4.69, 9.17) is 0 Å². The van der Waals surface area contributed by atoms with Crippen LogP contribution in [0.25, 0.3) is 0 Å². The number of fused-ring (bicyclic) bond motifs is 1. The zero-order valence-electron chi connectivity index (χ0n) is 24.8. The number of imide groups is 2. The Morgan fingerprint density at radius 2 is 1.80 bits per heavy atom. The van der Waals surface area contributed by atoms with Crippen LogP contribution in [0.3, 0.4) is 0 Å². The second-order valence-corrected chi connectivity index (χ2v) is 11.5. The molecule has 3 aliphatic heterocycles. The quantitative estimate of drug-likeness (QED) is 0.298. The average molecular weight is 595 g/mol. The van der Waals surface area contributed by atoms with E-state index in [9.17, 15) is 24.0 Å². The second kappa shape index (κ2) is 12.0. The molecule has 11 nitrogen and oxygen atoms in total. The van der Waals surface area contributed by atoms with Crippen molar-refractivity contribution in [2.75, 3.05) is 36.4 Å². The maximum atomic E-state index is 13.4. The Labute approximate surface area is 255 Å². The molecule has 4 heterocycles. The van der Waals surface area contributed by atoms with Gasteiger partial charge in [-0.15, -0.1) is 0 Å². The molecular formula is C33H34N6O5. The zero-order chi connectivity index (χ0) is 31.0. The van der Waals surface area contributed by atoms with E-state index < -0.39 is 29.7 Å². The van der Waals surface area contributed by atoms with Crippen molar-refractivity contribution in [1.29, 1.82) is 0 Å². The lowest BCUT2D eigenvalue weighted by atomic mass is 10.0. The van der Waals surface area contributed by atoms with Gasteiger partial charge >= 0.3 is 0 Å². The topological polar surface area (TPSA) is 132 Å². The van der Waals surface area contributed by atoms with Crippen LogP contribution in [0.5, 0.6) is 0 Å². The summed E-state index contributed by atoms with van der Waals surface area (Å²) in [7, 11) is 0. The number of aryl methyl sites for hydroxylation is 1. The van der Waals surface area contributed by atoms with Gasteiger partial charge in [0.05, 0.1) is 11.1 Å². The molecule has 0 bridgehead atoms. The number of amides is 4. The Hall–Kier alpha value is -4.90. The zero-order valence-corrected chi connectivity index (χ0v) is 24.8. The fourth-order valence-electron chi connectivity index (χ4n) is 6.06. The van der Waals surface area contributed by atoms with E-state index in [-0.39, 0.29) is 29.8 Å². The number of carbonyl (C=O) groups excluding carboxylic acids is 5. The van der Waals surface area contributed by atoms with Gasteiger partial charge in [0.2, 0.25) is 11.8 Å². The van der Waals surface area contributed by atoms with E-state index in [0.717, 1.165) is 49.0 Å². The number of nitrogens with one attached hydrogen (secondary N) is 2. The molecule has 2 aromatic carbocycles. The van der Waals surface area contributed by atoms with Crippen LogP contribution in [-0.2, 0) is 22.7 Å². The molecule has 0 spiro atoms. The SMILES string of the molecule is CC(=O)c1ccc(N2CCN(Cc3ccc(CNc4cccc5c4C(=O)N(C4CCC(=O)NC4=O)C5=O)cc3C)CC2)nc1. The van der Waals surface area contributed by atoms with E-state index in [2.05, 4.69) is 50.5 Å². The highest BCUT2D eigenvalue weighted by atomic mass is 16.2. The molecule has 0 saturated carbocycles. The molecule has 11 heteroatoms. The number of Topliss-reactive ketones (excluding diaryl/α,β-unsaturated/α-hetero) is 1. The highest BCUT2D eigenvalue weighted by Crippen LogP contribution is 2.32. The minimum absolute atomic E-state index is 0.0135. The molecule has 4 amide bonds. The predicted octanol–water partition coefficient (Wildman–Crippen LogP) is 2.93. The molecule has 44 heavy (non-hydrogen) atoms. The Morgan fingerprint density at radius 1 is 1.00 bits per heavy atom. The van der Waals surface area contributed by atoms with Crippen LogP contribution in [0.4, 0.5) is 11.5 Å². The molecule has 3 aliphatic rings. The Kier molecular flexibility index (Phi) is 7.96. The van der Waals surface area contributed by atoms with Crippen molar-refractivity contribution < 1.29 is 24.0 Å². The molecule has 0 radical (unpaired) electrons. The number of aromatic nitrogens is 1. The third-order valence-corrected chi connectivity index (χ3v) is 8.60. The summed E-state index contributed by atoms with van der Waals surface area (Å²) in [6.45, 7) is 8.44. The van der Waals surface area contributed by atoms with Gasteiger partial charge in [-0.3, -0.25) is 39.1 Å². The maximum Gasteiger partial charge on any atom is 0.264 e. The van der Waals surface area contributed by atoms with Gasteiger partial charge in [0.1, 0.15) is 11.9 Å². The lowest BCUT2D eigenvalue weighted by Gasteiger charge is -2.35.